The van der Waals surface area contributed by atoms with E-state index in [-0.39, 0.29) is 23.9 Å². The zero-order chi connectivity index (χ0) is 19.7. The molecule has 3 heterocycles. The van der Waals surface area contributed by atoms with Crippen LogP contribution in [0.25, 0.3) is 10.9 Å². The second-order valence-electron chi connectivity index (χ2n) is 7.03. The predicted molar refractivity (Wildman–Crippen MR) is 112 cm³/mol. The van der Waals surface area contributed by atoms with Crippen molar-refractivity contribution in [3.05, 3.63) is 58.1 Å². The lowest BCUT2D eigenvalue weighted by atomic mass is 10.1. The molecular weight excluding hydrogens is 372 g/mol. The van der Waals surface area contributed by atoms with Gasteiger partial charge in [-0.05, 0) is 25.5 Å². The second kappa shape index (κ2) is 7.75. The number of hydrogen-bond acceptors (Lipinski definition) is 5. The summed E-state index contributed by atoms with van der Waals surface area (Å²) in [5.41, 5.74) is 3.21. The average Bonchev–Trinajstić information content (AvgIpc) is 3.05. The van der Waals surface area contributed by atoms with E-state index >= 15 is 0 Å². The summed E-state index contributed by atoms with van der Waals surface area (Å²) >= 11 is 1.55. The van der Waals surface area contributed by atoms with Gasteiger partial charge in [0.25, 0.3) is 5.56 Å². The molecule has 2 aromatic heterocycles. The number of nitrogens with one attached hydrogen (secondary N) is 1. The Labute approximate surface area is 167 Å². The van der Waals surface area contributed by atoms with Crippen molar-refractivity contribution < 1.29 is 4.79 Å². The predicted octanol–water partition coefficient (Wildman–Crippen LogP) is 3.73. The molecule has 3 aromatic rings. The Morgan fingerprint density at radius 2 is 2.11 bits per heavy atom. The Kier molecular flexibility index (Phi) is 5.17. The third kappa shape index (κ3) is 3.67. The number of para-hydroxylation sites is 1. The molecule has 144 valence electrons. The van der Waals surface area contributed by atoms with E-state index < -0.39 is 0 Å². The van der Waals surface area contributed by atoms with E-state index in [0.717, 1.165) is 46.0 Å². The minimum atomic E-state index is -0.176. The Morgan fingerprint density at radius 3 is 2.93 bits per heavy atom. The molecular formula is C21H22N4O2S. The van der Waals surface area contributed by atoms with Crippen LogP contribution in [0.2, 0.25) is 0 Å². The van der Waals surface area contributed by atoms with Gasteiger partial charge in [-0.25, -0.2) is 4.98 Å². The van der Waals surface area contributed by atoms with Crippen molar-refractivity contribution in [1.82, 2.24) is 14.5 Å². The van der Waals surface area contributed by atoms with Crippen LogP contribution in [-0.4, -0.2) is 26.2 Å². The molecule has 1 aliphatic rings. The molecule has 28 heavy (non-hydrogen) atoms. The minimum Gasteiger partial charge on any atom is -0.325 e. The maximum absolute atomic E-state index is 12.7. The molecule has 4 rings (SSSR count). The first-order valence-electron chi connectivity index (χ1n) is 9.46. The van der Waals surface area contributed by atoms with Crippen LogP contribution in [0.5, 0.6) is 0 Å². The number of rotatable bonds is 5. The lowest BCUT2D eigenvalue weighted by Gasteiger charge is -2.14. The molecule has 6 nitrogen and oxygen atoms in total. The summed E-state index contributed by atoms with van der Waals surface area (Å²) in [4.78, 5) is 34.4. The van der Waals surface area contributed by atoms with Crippen molar-refractivity contribution >= 4 is 34.3 Å². The summed E-state index contributed by atoms with van der Waals surface area (Å²) in [6.07, 6.45) is 1.99. The Hall–Kier alpha value is -2.67. The molecule has 1 N–H and O–H groups in total. The number of thioether (sulfide) groups is 1. The zero-order valence-corrected chi connectivity index (χ0v) is 16.8. The number of nitrogens with zero attached hydrogens (tertiary/aromatic N) is 3. The summed E-state index contributed by atoms with van der Waals surface area (Å²) in [5.74, 6) is 0.570. The number of benzene rings is 1. The molecule has 0 fully saturated rings. The summed E-state index contributed by atoms with van der Waals surface area (Å²) < 4.78 is 1.67. The van der Waals surface area contributed by atoms with E-state index in [0.29, 0.717) is 5.75 Å². The highest BCUT2D eigenvalue weighted by Crippen LogP contribution is 2.32. The van der Waals surface area contributed by atoms with Crippen molar-refractivity contribution in [2.75, 3.05) is 11.1 Å². The number of aromatic nitrogens is 3. The van der Waals surface area contributed by atoms with Crippen LogP contribution in [0, 0.1) is 6.92 Å². The number of hydrogen-bond donors (Lipinski definition) is 1. The molecule has 0 radical (unpaired) electrons. The van der Waals surface area contributed by atoms with Gasteiger partial charge >= 0.3 is 0 Å². The quantitative estimate of drug-likeness (QED) is 0.667. The van der Waals surface area contributed by atoms with Crippen LogP contribution in [0.15, 0.2) is 46.3 Å². The lowest BCUT2D eigenvalue weighted by molar-refractivity contribution is -0.116. The Balaban J connectivity index is 1.55. The van der Waals surface area contributed by atoms with Crippen LogP contribution in [0.1, 0.15) is 37.2 Å². The molecule has 1 aromatic carbocycles. The van der Waals surface area contributed by atoms with E-state index in [9.17, 15) is 9.59 Å². The number of amides is 1. The van der Waals surface area contributed by atoms with Gasteiger partial charge in [-0.15, -0.1) is 0 Å². The first-order chi connectivity index (χ1) is 13.5. The Morgan fingerprint density at radius 1 is 1.29 bits per heavy atom. The van der Waals surface area contributed by atoms with E-state index in [1.54, 1.807) is 22.4 Å². The smallest absolute Gasteiger partial charge is 0.254 e. The number of carbonyl (C=O) groups is 1. The Bertz CT molecular complexity index is 1110. The number of pyridine rings is 1. The monoisotopic (exact) mass is 394 g/mol. The molecule has 0 aliphatic carbocycles. The first kappa shape index (κ1) is 18.7. The van der Waals surface area contributed by atoms with Crippen molar-refractivity contribution in [1.29, 1.82) is 0 Å². The lowest BCUT2D eigenvalue weighted by Crippen LogP contribution is -2.27. The van der Waals surface area contributed by atoms with Gasteiger partial charge in [-0.2, -0.15) is 0 Å². The maximum atomic E-state index is 12.7. The fraction of sp³-hybridized carbons (Fsp3) is 0.333. The first-order valence-corrected chi connectivity index (χ1v) is 10.4. The topological polar surface area (TPSA) is 76.9 Å². The molecule has 0 saturated carbocycles. The van der Waals surface area contributed by atoms with Crippen LogP contribution >= 0.6 is 11.8 Å². The van der Waals surface area contributed by atoms with E-state index in [1.165, 1.54) is 0 Å². The highest BCUT2D eigenvalue weighted by molar-refractivity contribution is 7.99. The number of anilines is 1. The van der Waals surface area contributed by atoms with Crippen LogP contribution in [-0.2, 0) is 11.2 Å². The molecule has 7 heteroatoms. The molecule has 1 aliphatic heterocycles. The van der Waals surface area contributed by atoms with Gasteiger partial charge < -0.3 is 5.32 Å². The number of aryl methyl sites for hydroxylation is 2. The van der Waals surface area contributed by atoms with Crippen molar-refractivity contribution in [2.24, 2.45) is 0 Å². The van der Waals surface area contributed by atoms with Gasteiger partial charge in [0.1, 0.15) is 0 Å². The fourth-order valence-electron chi connectivity index (χ4n) is 3.56. The van der Waals surface area contributed by atoms with Gasteiger partial charge in [0.15, 0.2) is 5.16 Å². The van der Waals surface area contributed by atoms with Crippen LogP contribution in [0.3, 0.4) is 0 Å². The molecule has 1 atom stereocenters. The number of fused-ring (bicyclic) bond motifs is 2. The van der Waals surface area contributed by atoms with Gasteiger partial charge in [0.05, 0.1) is 17.2 Å². The third-order valence-electron chi connectivity index (χ3n) is 4.79. The molecule has 0 unspecified atom stereocenters. The van der Waals surface area contributed by atoms with E-state index in [1.807, 2.05) is 37.3 Å². The van der Waals surface area contributed by atoms with Gasteiger partial charge in [-0.3, -0.25) is 19.1 Å². The van der Waals surface area contributed by atoms with Crippen molar-refractivity contribution in [3.63, 3.8) is 0 Å². The van der Waals surface area contributed by atoms with E-state index in [4.69, 9.17) is 0 Å². The molecule has 0 spiro atoms. The molecule has 0 saturated heterocycles. The van der Waals surface area contributed by atoms with Gasteiger partial charge in [-0.1, -0.05) is 43.3 Å². The maximum Gasteiger partial charge on any atom is 0.254 e. The SMILES string of the molecule is CCCc1cc(=O)n2c(n1)SC[C@@H]2CC(=O)Nc1cc(C)nc2ccccc12. The van der Waals surface area contributed by atoms with Crippen molar-refractivity contribution in [2.45, 2.75) is 44.3 Å². The standard InChI is InChI=1S/C21H22N4O2S/c1-3-6-14-10-20(27)25-15(12-28-21(25)23-14)11-19(26)24-18-9-13(2)22-17-8-5-4-7-16(17)18/h4-5,7-10,15H,3,6,11-12H2,1-2H3,(H,22,24,26)/t15-/m0/s1. The van der Waals surface area contributed by atoms with Gasteiger partial charge in [0.2, 0.25) is 5.91 Å². The number of carbonyl (C=O) groups excluding carboxylic acids is 1. The van der Waals surface area contributed by atoms with Crippen LogP contribution < -0.4 is 10.9 Å². The van der Waals surface area contributed by atoms with Gasteiger partial charge in [0, 0.05) is 35.0 Å². The highest BCUT2D eigenvalue weighted by Gasteiger charge is 2.27. The van der Waals surface area contributed by atoms with E-state index in [2.05, 4.69) is 22.2 Å². The highest BCUT2D eigenvalue weighted by atomic mass is 32.2. The second-order valence-corrected chi connectivity index (χ2v) is 8.02. The normalized spacial score (nSPS) is 15.6. The molecule has 0 bridgehead atoms. The minimum absolute atomic E-state index is 0.0681. The zero-order valence-electron chi connectivity index (χ0n) is 15.9. The average molecular weight is 395 g/mol. The third-order valence-corrected chi connectivity index (χ3v) is 5.89. The fourth-order valence-corrected chi connectivity index (χ4v) is 4.73. The summed E-state index contributed by atoms with van der Waals surface area (Å²) in [5, 5.41) is 4.64. The summed E-state index contributed by atoms with van der Waals surface area (Å²) in [7, 11) is 0. The summed E-state index contributed by atoms with van der Waals surface area (Å²) in [6, 6.07) is 11.0. The summed E-state index contributed by atoms with van der Waals surface area (Å²) in [6.45, 7) is 3.97. The van der Waals surface area contributed by atoms with Crippen molar-refractivity contribution in [3.8, 4) is 0 Å². The van der Waals surface area contributed by atoms with Crippen LogP contribution in [0.4, 0.5) is 5.69 Å². The largest absolute Gasteiger partial charge is 0.325 e. The molecule has 1 amide bonds.